The zero-order chi connectivity index (χ0) is 20.9. The molecule has 0 bridgehead atoms. The maximum absolute atomic E-state index is 13.1. The van der Waals surface area contributed by atoms with Crippen LogP contribution in [0, 0.1) is 0 Å². The van der Waals surface area contributed by atoms with Crippen molar-refractivity contribution in [2.24, 2.45) is 0 Å². The van der Waals surface area contributed by atoms with E-state index >= 15 is 0 Å². The van der Waals surface area contributed by atoms with E-state index in [1.54, 1.807) is 0 Å². The molecule has 0 aliphatic rings. The number of carbonyl (C=O) groups is 1. The smallest absolute Gasteiger partial charge is 0.277 e. The molecule has 30 heavy (non-hydrogen) atoms. The first-order valence-corrected chi connectivity index (χ1v) is 10.3. The van der Waals surface area contributed by atoms with Crippen LogP contribution in [0.3, 0.4) is 0 Å². The zero-order valence-corrected chi connectivity index (χ0v) is 17.1. The molecule has 0 saturated heterocycles. The topological polar surface area (TPSA) is 101 Å². The van der Waals surface area contributed by atoms with E-state index in [0.717, 1.165) is 22.6 Å². The summed E-state index contributed by atoms with van der Waals surface area (Å²) in [4.78, 5) is 25.8. The van der Waals surface area contributed by atoms with Crippen LogP contribution >= 0.6 is 11.3 Å². The molecule has 0 saturated carbocycles. The maximum Gasteiger partial charge on any atom is 0.277 e. The number of hydrogen-bond acceptors (Lipinski definition) is 6. The first-order valence-electron chi connectivity index (χ1n) is 9.50. The number of aryl methyl sites for hydroxylation is 1. The summed E-state index contributed by atoms with van der Waals surface area (Å²) in [6, 6.07) is 18.8. The second-order valence-corrected chi connectivity index (χ2v) is 7.66. The number of rotatable bonds is 6. The van der Waals surface area contributed by atoms with Crippen LogP contribution in [0.5, 0.6) is 0 Å². The Balaban J connectivity index is 1.78. The van der Waals surface area contributed by atoms with E-state index in [-0.39, 0.29) is 12.1 Å². The van der Waals surface area contributed by atoms with Gasteiger partial charge in [0.1, 0.15) is 15.6 Å². The molecule has 2 aromatic carbocycles. The summed E-state index contributed by atoms with van der Waals surface area (Å²) < 4.78 is 0. The normalized spacial score (nSPS) is 10.7. The largest absolute Gasteiger partial charge is 0.345 e. The number of carbonyl (C=O) groups excluding carboxylic acids is 1. The molecule has 2 aromatic heterocycles. The fourth-order valence-corrected chi connectivity index (χ4v) is 3.83. The molecular weight excluding hydrogens is 398 g/mol. The number of hydrogen-bond donors (Lipinski definition) is 2. The molecule has 0 radical (unpaired) electrons. The zero-order valence-electron chi connectivity index (χ0n) is 16.3. The second kappa shape index (κ2) is 8.79. The van der Waals surface area contributed by atoms with Crippen molar-refractivity contribution in [3.63, 3.8) is 0 Å². The molecule has 0 atom stereocenters. The van der Waals surface area contributed by atoms with Crippen molar-refractivity contribution in [2.75, 3.05) is 0 Å². The van der Waals surface area contributed by atoms with E-state index < -0.39 is 11.5 Å². The van der Waals surface area contributed by atoms with Crippen molar-refractivity contribution in [2.45, 2.75) is 19.9 Å². The molecule has 4 aromatic rings. The first-order chi connectivity index (χ1) is 14.7. The minimum atomic E-state index is -0.544. The quantitative estimate of drug-likeness (QED) is 0.500. The van der Waals surface area contributed by atoms with E-state index in [4.69, 9.17) is 0 Å². The van der Waals surface area contributed by atoms with Crippen molar-refractivity contribution < 1.29 is 4.79 Å². The Labute approximate surface area is 176 Å². The van der Waals surface area contributed by atoms with Gasteiger partial charge in [-0.3, -0.25) is 9.59 Å². The highest BCUT2D eigenvalue weighted by Gasteiger charge is 2.23. The predicted molar refractivity (Wildman–Crippen MR) is 116 cm³/mol. The molecule has 0 aliphatic heterocycles. The van der Waals surface area contributed by atoms with Crippen LogP contribution in [0.1, 0.15) is 27.3 Å². The van der Waals surface area contributed by atoms with Crippen LogP contribution in [0.25, 0.3) is 22.4 Å². The third-order valence-electron chi connectivity index (χ3n) is 4.53. The van der Waals surface area contributed by atoms with Crippen LogP contribution in [0.2, 0.25) is 0 Å². The van der Waals surface area contributed by atoms with Crippen molar-refractivity contribution in [1.29, 1.82) is 0 Å². The van der Waals surface area contributed by atoms with E-state index in [1.807, 2.05) is 67.6 Å². The van der Waals surface area contributed by atoms with E-state index in [2.05, 4.69) is 25.7 Å². The van der Waals surface area contributed by atoms with Gasteiger partial charge in [-0.15, -0.1) is 10.2 Å². The molecule has 0 fully saturated rings. The van der Waals surface area contributed by atoms with Gasteiger partial charge in [-0.2, -0.15) is 5.10 Å². The number of nitrogens with one attached hydrogen (secondary N) is 2. The molecule has 8 heteroatoms. The Bertz CT molecular complexity index is 1220. The van der Waals surface area contributed by atoms with Gasteiger partial charge in [0, 0.05) is 11.1 Å². The number of amides is 1. The van der Waals surface area contributed by atoms with E-state index in [9.17, 15) is 9.59 Å². The summed E-state index contributed by atoms with van der Waals surface area (Å²) >= 11 is 1.44. The fourth-order valence-electron chi connectivity index (χ4n) is 3.10. The predicted octanol–water partition coefficient (Wildman–Crippen LogP) is 3.45. The third kappa shape index (κ3) is 4.04. The standard InChI is InChI=1S/C22H19N5O2S/c1-2-16-24-25-17(30-16)13-23-21(28)19-18(14-9-5-3-6-10-14)20(26-27-22(19)29)15-11-7-4-8-12-15/h3-12H,2,13H2,1H3,(H,23,28)(H,27,29). The first kappa shape index (κ1) is 19.7. The number of aromatic nitrogens is 4. The van der Waals surface area contributed by atoms with Gasteiger partial charge in [-0.05, 0) is 12.0 Å². The molecule has 0 aliphatic carbocycles. The van der Waals surface area contributed by atoms with E-state index in [1.165, 1.54) is 11.3 Å². The summed E-state index contributed by atoms with van der Waals surface area (Å²) in [5, 5.41) is 19.3. The summed E-state index contributed by atoms with van der Waals surface area (Å²) in [6.45, 7) is 2.20. The molecule has 2 heterocycles. The van der Waals surface area contributed by atoms with Gasteiger partial charge in [-0.25, -0.2) is 5.10 Å². The van der Waals surface area contributed by atoms with Crippen molar-refractivity contribution in [3.05, 3.63) is 86.6 Å². The lowest BCUT2D eigenvalue weighted by Gasteiger charge is -2.13. The maximum atomic E-state index is 13.1. The molecular formula is C22H19N5O2S. The van der Waals surface area contributed by atoms with Crippen molar-refractivity contribution >= 4 is 17.2 Å². The van der Waals surface area contributed by atoms with Crippen LogP contribution < -0.4 is 10.9 Å². The number of aromatic amines is 1. The van der Waals surface area contributed by atoms with Gasteiger partial charge >= 0.3 is 0 Å². The van der Waals surface area contributed by atoms with E-state index in [0.29, 0.717) is 16.3 Å². The highest BCUT2D eigenvalue weighted by Crippen LogP contribution is 2.31. The van der Waals surface area contributed by atoms with Gasteiger partial charge in [0.25, 0.3) is 11.5 Å². The molecule has 1 amide bonds. The summed E-state index contributed by atoms with van der Waals surface area (Å²) in [5.74, 6) is -0.483. The lowest BCUT2D eigenvalue weighted by atomic mass is 9.95. The highest BCUT2D eigenvalue weighted by atomic mass is 32.1. The van der Waals surface area contributed by atoms with Crippen LogP contribution in [-0.4, -0.2) is 26.3 Å². The fraction of sp³-hybridized carbons (Fsp3) is 0.136. The SMILES string of the molecule is CCc1nnc(CNC(=O)c2c(-c3ccccc3)c(-c3ccccc3)n[nH]c2=O)s1. The summed E-state index contributed by atoms with van der Waals surface area (Å²) in [7, 11) is 0. The average Bonchev–Trinajstić information content (AvgIpc) is 3.26. The molecule has 7 nitrogen and oxygen atoms in total. The number of benzene rings is 2. The number of H-pyrrole nitrogens is 1. The molecule has 150 valence electrons. The Morgan fingerprint density at radius 1 is 0.967 bits per heavy atom. The molecule has 2 N–H and O–H groups in total. The van der Waals surface area contributed by atoms with Gasteiger partial charge in [-0.1, -0.05) is 78.9 Å². The summed E-state index contributed by atoms with van der Waals surface area (Å²) in [6.07, 6.45) is 0.786. The Morgan fingerprint density at radius 3 is 2.23 bits per heavy atom. The number of nitrogens with zero attached hydrogens (tertiary/aromatic N) is 3. The highest BCUT2D eigenvalue weighted by molar-refractivity contribution is 7.11. The second-order valence-electron chi connectivity index (χ2n) is 6.51. The van der Waals surface area contributed by atoms with Crippen molar-refractivity contribution in [3.8, 4) is 22.4 Å². The van der Waals surface area contributed by atoms with Gasteiger partial charge < -0.3 is 5.32 Å². The third-order valence-corrected chi connectivity index (χ3v) is 5.60. The molecule has 4 rings (SSSR count). The minimum absolute atomic E-state index is 0.0234. The Morgan fingerprint density at radius 2 is 1.60 bits per heavy atom. The summed E-state index contributed by atoms with van der Waals surface area (Å²) in [5.41, 5.74) is 2.06. The van der Waals surface area contributed by atoms with Gasteiger partial charge in [0.05, 0.1) is 12.2 Å². The molecule has 0 spiro atoms. The van der Waals surface area contributed by atoms with Crippen LogP contribution in [0.15, 0.2) is 65.5 Å². The Kier molecular flexibility index (Phi) is 5.76. The lowest BCUT2D eigenvalue weighted by molar-refractivity contribution is 0.0949. The van der Waals surface area contributed by atoms with Gasteiger partial charge in [0.2, 0.25) is 0 Å². The lowest BCUT2D eigenvalue weighted by Crippen LogP contribution is -2.31. The minimum Gasteiger partial charge on any atom is -0.345 e. The van der Waals surface area contributed by atoms with Crippen molar-refractivity contribution in [1.82, 2.24) is 25.7 Å². The van der Waals surface area contributed by atoms with Crippen LogP contribution in [0.4, 0.5) is 0 Å². The van der Waals surface area contributed by atoms with Crippen LogP contribution in [-0.2, 0) is 13.0 Å². The van der Waals surface area contributed by atoms with Gasteiger partial charge in [0.15, 0.2) is 0 Å². The average molecular weight is 417 g/mol. The Hall–Kier alpha value is -3.65. The monoisotopic (exact) mass is 417 g/mol. The molecule has 0 unspecified atom stereocenters.